The van der Waals surface area contributed by atoms with Gasteiger partial charge in [-0.3, -0.25) is 14.6 Å². The lowest BCUT2D eigenvalue weighted by Gasteiger charge is -2.21. The molecule has 1 N–H and O–H groups in total. The smallest absolute Gasteiger partial charge is 0.233 e. The standard InChI is InChI=1S/C21H23N3O4S/c25-17-6-1-14(11-17)12-18(20(26)24-19-13-22-9-10-23-19)15-2-4-16(5-3-15)21(7-8-21)29(27)28/h2-5,9-10,13-14,18,29H,1,6-8,11-12H2,(H,23,24,26)/t14-,18+/m0/s1. The van der Waals surface area contributed by atoms with Gasteiger partial charge in [-0.25, -0.2) is 13.4 Å². The number of nitrogens with one attached hydrogen (secondary N) is 1. The Hall–Kier alpha value is -2.61. The Bertz CT molecular complexity index is 977. The van der Waals surface area contributed by atoms with E-state index in [0.29, 0.717) is 37.9 Å². The summed E-state index contributed by atoms with van der Waals surface area (Å²) in [4.78, 5) is 32.8. The average molecular weight is 413 g/mol. The van der Waals surface area contributed by atoms with Gasteiger partial charge in [-0.2, -0.15) is 0 Å². The van der Waals surface area contributed by atoms with Gasteiger partial charge in [-0.1, -0.05) is 24.3 Å². The van der Waals surface area contributed by atoms with Gasteiger partial charge in [0, 0.05) is 25.2 Å². The Balaban J connectivity index is 1.57. The summed E-state index contributed by atoms with van der Waals surface area (Å²) in [6.45, 7) is 0. The second-order valence-corrected chi connectivity index (χ2v) is 9.30. The largest absolute Gasteiger partial charge is 0.309 e. The van der Waals surface area contributed by atoms with Crippen molar-refractivity contribution in [2.75, 3.05) is 5.32 Å². The van der Waals surface area contributed by atoms with Crippen LogP contribution >= 0.6 is 0 Å². The Morgan fingerprint density at radius 2 is 1.97 bits per heavy atom. The van der Waals surface area contributed by atoms with E-state index in [1.54, 1.807) is 0 Å². The van der Waals surface area contributed by atoms with Gasteiger partial charge in [0.05, 0.1) is 16.9 Å². The first-order chi connectivity index (χ1) is 14.0. The maximum atomic E-state index is 13.0. The Morgan fingerprint density at radius 3 is 2.52 bits per heavy atom. The van der Waals surface area contributed by atoms with Crippen molar-refractivity contribution in [3.05, 3.63) is 54.0 Å². The topological polar surface area (TPSA) is 106 Å². The van der Waals surface area contributed by atoms with Crippen LogP contribution in [0.5, 0.6) is 0 Å². The molecular formula is C21H23N3O4S. The number of anilines is 1. The third kappa shape index (κ3) is 4.22. The highest BCUT2D eigenvalue weighted by molar-refractivity contribution is 7.74. The molecule has 1 amide bonds. The Labute approximate surface area is 170 Å². The number of nitrogens with zero attached hydrogens (tertiary/aromatic N) is 2. The van der Waals surface area contributed by atoms with Crippen molar-refractivity contribution in [2.45, 2.75) is 49.2 Å². The van der Waals surface area contributed by atoms with Gasteiger partial charge in [0.15, 0.2) is 5.82 Å². The van der Waals surface area contributed by atoms with E-state index in [1.165, 1.54) is 18.6 Å². The molecule has 0 spiro atoms. The molecule has 29 heavy (non-hydrogen) atoms. The highest BCUT2D eigenvalue weighted by atomic mass is 32.2. The van der Waals surface area contributed by atoms with Crippen LogP contribution in [-0.2, 0) is 25.0 Å². The predicted octanol–water partition coefficient (Wildman–Crippen LogP) is 2.56. The molecule has 0 aliphatic heterocycles. The third-order valence-electron chi connectivity index (χ3n) is 5.97. The molecule has 2 saturated carbocycles. The van der Waals surface area contributed by atoms with Gasteiger partial charge in [0.1, 0.15) is 16.5 Å². The molecule has 1 aromatic heterocycles. The molecule has 0 radical (unpaired) electrons. The first-order valence-corrected chi connectivity index (χ1v) is 11.0. The van der Waals surface area contributed by atoms with E-state index in [1.807, 2.05) is 24.3 Å². The highest BCUT2D eigenvalue weighted by Crippen LogP contribution is 2.49. The second kappa shape index (κ2) is 8.02. The Morgan fingerprint density at radius 1 is 1.21 bits per heavy atom. The van der Waals surface area contributed by atoms with Gasteiger partial charge >= 0.3 is 0 Å². The maximum Gasteiger partial charge on any atom is 0.233 e. The summed E-state index contributed by atoms with van der Waals surface area (Å²) < 4.78 is 22.5. The van der Waals surface area contributed by atoms with Crippen molar-refractivity contribution in [1.82, 2.24) is 9.97 Å². The normalized spacial score (nSPS) is 21.1. The molecule has 2 aliphatic carbocycles. The van der Waals surface area contributed by atoms with Crippen LogP contribution in [0, 0.1) is 5.92 Å². The zero-order chi connectivity index (χ0) is 20.4. The van der Waals surface area contributed by atoms with E-state index < -0.39 is 21.4 Å². The number of Topliss-reactive ketones (excluding diaryl/α,β-unsaturated/α-hetero) is 1. The summed E-state index contributed by atoms with van der Waals surface area (Å²) in [6, 6.07) is 7.31. The van der Waals surface area contributed by atoms with Gasteiger partial charge in [0.25, 0.3) is 0 Å². The summed E-state index contributed by atoms with van der Waals surface area (Å²) in [6.07, 6.45) is 8.26. The van der Waals surface area contributed by atoms with Gasteiger partial charge < -0.3 is 5.32 Å². The molecular weight excluding hydrogens is 390 g/mol. The van der Waals surface area contributed by atoms with Crippen molar-refractivity contribution < 1.29 is 18.0 Å². The van der Waals surface area contributed by atoms with Gasteiger partial charge in [0.2, 0.25) is 5.91 Å². The van der Waals surface area contributed by atoms with Crippen molar-refractivity contribution in [3.8, 4) is 0 Å². The molecule has 4 rings (SSSR count). The van der Waals surface area contributed by atoms with Crippen LogP contribution in [0.3, 0.4) is 0 Å². The van der Waals surface area contributed by atoms with Crippen molar-refractivity contribution >= 4 is 28.2 Å². The van der Waals surface area contributed by atoms with Crippen molar-refractivity contribution in [2.24, 2.45) is 5.92 Å². The minimum Gasteiger partial charge on any atom is -0.309 e. The molecule has 2 aliphatic rings. The molecule has 7 nitrogen and oxygen atoms in total. The fourth-order valence-electron chi connectivity index (χ4n) is 4.12. The van der Waals surface area contributed by atoms with E-state index in [4.69, 9.17) is 0 Å². The lowest BCUT2D eigenvalue weighted by molar-refractivity contribution is -0.119. The van der Waals surface area contributed by atoms with Crippen LogP contribution < -0.4 is 5.32 Å². The third-order valence-corrected chi connectivity index (χ3v) is 7.38. The molecule has 152 valence electrons. The quantitative estimate of drug-likeness (QED) is 0.676. The fraction of sp³-hybridized carbons (Fsp3) is 0.429. The number of carbonyl (C=O) groups is 2. The van der Waals surface area contributed by atoms with Crippen LogP contribution in [0.15, 0.2) is 42.9 Å². The molecule has 1 aromatic carbocycles. The first-order valence-electron chi connectivity index (χ1n) is 9.81. The average Bonchev–Trinajstić information content (AvgIpc) is 3.44. The van der Waals surface area contributed by atoms with E-state index in [2.05, 4.69) is 15.3 Å². The van der Waals surface area contributed by atoms with Crippen LogP contribution in [-0.4, -0.2) is 30.1 Å². The Kier molecular flexibility index (Phi) is 5.45. The van der Waals surface area contributed by atoms with Crippen molar-refractivity contribution in [1.29, 1.82) is 0 Å². The van der Waals surface area contributed by atoms with Crippen LogP contribution in [0.25, 0.3) is 0 Å². The lowest BCUT2D eigenvalue weighted by atomic mass is 9.86. The van der Waals surface area contributed by atoms with Crippen LogP contribution in [0.1, 0.15) is 55.6 Å². The number of aromatic nitrogens is 2. The van der Waals surface area contributed by atoms with Crippen LogP contribution in [0.2, 0.25) is 0 Å². The minimum atomic E-state index is -2.53. The molecule has 1 heterocycles. The molecule has 0 saturated heterocycles. The maximum absolute atomic E-state index is 13.0. The number of thiol groups is 1. The van der Waals surface area contributed by atoms with Gasteiger partial charge in [-0.15, -0.1) is 0 Å². The zero-order valence-corrected chi connectivity index (χ0v) is 16.8. The summed E-state index contributed by atoms with van der Waals surface area (Å²) in [7, 11) is -2.53. The number of amides is 1. The van der Waals surface area contributed by atoms with Crippen LogP contribution in [0.4, 0.5) is 5.82 Å². The van der Waals surface area contributed by atoms with E-state index in [0.717, 1.165) is 17.5 Å². The number of hydrogen-bond donors (Lipinski definition) is 2. The number of rotatable bonds is 7. The summed E-state index contributed by atoms with van der Waals surface area (Å²) in [5.41, 5.74) is 1.59. The molecule has 8 heteroatoms. The van der Waals surface area contributed by atoms with Crippen molar-refractivity contribution in [3.63, 3.8) is 0 Å². The molecule has 2 fully saturated rings. The SMILES string of the molecule is O=C1CC[C@H](C[C@@H](C(=O)Nc2cnccn2)c2ccc(C3([SH](=O)=O)CC3)cc2)C1. The lowest BCUT2D eigenvalue weighted by Crippen LogP contribution is -2.24. The molecule has 2 aromatic rings. The molecule has 2 atom stereocenters. The van der Waals surface area contributed by atoms with E-state index in [9.17, 15) is 18.0 Å². The minimum absolute atomic E-state index is 0.172. The number of ketones is 1. The van der Waals surface area contributed by atoms with Gasteiger partial charge in [-0.05, 0) is 42.7 Å². The predicted molar refractivity (Wildman–Crippen MR) is 108 cm³/mol. The first kappa shape index (κ1) is 19.7. The number of benzene rings is 1. The highest BCUT2D eigenvalue weighted by Gasteiger charge is 2.48. The zero-order valence-electron chi connectivity index (χ0n) is 15.9. The monoisotopic (exact) mass is 413 g/mol. The number of hydrogen-bond acceptors (Lipinski definition) is 6. The van der Waals surface area contributed by atoms with E-state index in [-0.39, 0.29) is 17.6 Å². The summed E-state index contributed by atoms with van der Waals surface area (Å²) in [5.74, 6) is 0.146. The second-order valence-electron chi connectivity index (χ2n) is 7.93. The number of carbonyl (C=O) groups excluding carboxylic acids is 2. The summed E-state index contributed by atoms with van der Waals surface area (Å²) >= 11 is 0. The van der Waals surface area contributed by atoms with E-state index >= 15 is 0 Å². The molecule has 0 bridgehead atoms. The summed E-state index contributed by atoms with van der Waals surface area (Å²) in [5, 5.41) is 2.81. The molecule has 0 unspecified atom stereocenters. The fourth-order valence-corrected chi connectivity index (χ4v) is 4.95.